The molecule has 1 saturated carbocycles. The van der Waals surface area contributed by atoms with Gasteiger partial charge in [0.1, 0.15) is 5.78 Å². The second-order valence-electron chi connectivity index (χ2n) is 3.68. The van der Waals surface area contributed by atoms with Gasteiger partial charge in [-0.3, -0.25) is 9.79 Å². The predicted octanol–water partition coefficient (Wildman–Crippen LogP) is 0.727. The first-order chi connectivity index (χ1) is 6.27. The smallest absolute Gasteiger partial charge is 0.136 e. The number of aliphatic hydroxyl groups is 1. The van der Waals surface area contributed by atoms with E-state index < -0.39 is 6.10 Å². The minimum atomic E-state index is -0.391. The standard InChI is InChI=1S/C10H13NO2/c12-8-1-2-9-7(5-8)3-4-11-6-10(9)13/h3-4,9-10,13H,1-2,5-6H2. The molecular formula is C10H13NO2. The van der Waals surface area contributed by atoms with E-state index in [0.29, 0.717) is 19.4 Å². The zero-order chi connectivity index (χ0) is 9.26. The monoisotopic (exact) mass is 179 g/mol. The highest BCUT2D eigenvalue weighted by Gasteiger charge is 2.29. The van der Waals surface area contributed by atoms with E-state index in [9.17, 15) is 9.90 Å². The molecule has 3 heteroatoms. The zero-order valence-corrected chi connectivity index (χ0v) is 7.44. The van der Waals surface area contributed by atoms with Crippen LogP contribution in [-0.4, -0.2) is 29.8 Å². The molecule has 0 saturated heterocycles. The Morgan fingerprint density at radius 2 is 2.38 bits per heavy atom. The maximum atomic E-state index is 11.2. The minimum absolute atomic E-state index is 0.167. The van der Waals surface area contributed by atoms with Crippen molar-refractivity contribution in [3.8, 4) is 0 Å². The van der Waals surface area contributed by atoms with Crippen molar-refractivity contribution in [1.82, 2.24) is 0 Å². The molecule has 1 N–H and O–H groups in total. The molecule has 0 amide bonds. The van der Waals surface area contributed by atoms with E-state index in [1.165, 1.54) is 0 Å². The van der Waals surface area contributed by atoms with Crippen molar-refractivity contribution in [2.45, 2.75) is 25.4 Å². The van der Waals surface area contributed by atoms with Crippen LogP contribution in [-0.2, 0) is 4.79 Å². The molecule has 0 aromatic carbocycles. The van der Waals surface area contributed by atoms with E-state index in [0.717, 1.165) is 12.0 Å². The van der Waals surface area contributed by atoms with Crippen LogP contribution in [0.1, 0.15) is 19.3 Å². The number of hydrogen-bond acceptors (Lipinski definition) is 3. The maximum absolute atomic E-state index is 11.2. The van der Waals surface area contributed by atoms with Crippen molar-refractivity contribution in [2.75, 3.05) is 6.54 Å². The molecule has 1 aliphatic carbocycles. The number of Topliss-reactive ketones (excluding diaryl/α,β-unsaturated/α-hetero) is 1. The molecule has 0 bridgehead atoms. The van der Waals surface area contributed by atoms with Gasteiger partial charge in [-0.1, -0.05) is 5.57 Å². The Kier molecular flexibility index (Phi) is 2.27. The summed E-state index contributed by atoms with van der Waals surface area (Å²) < 4.78 is 0. The fourth-order valence-electron chi connectivity index (χ4n) is 2.02. The van der Waals surface area contributed by atoms with Gasteiger partial charge in [-0.25, -0.2) is 0 Å². The number of hydrogen-bond donors (Lipinski definition) is 1. The lowest BCUT2D eigenvalue weighted by molar-refractivity contribution is -0.120. The molecule has 0 radical (unpaired) electrons. The summed E-state index contributed by atoms with van der Waals surface area (Å²) in [6.07, 6.45) is 5.11. The van der Waals surface area contributed by atoms with E-state index in [2.05, 4.69) is 4.99 Å². The number of aliphatic hydroxyl groups excluding tert-OH is 1. The van der Waals surface area contributed by atoms with E-state index in [1.807, 2.05) is 6.08 Å². The van der Waals surface area contributed by atoms with Crippen molar-refractivity contribution >= 4 is 12.0 Å². The second kappa shape index (κ2) is 3.42. The predicted molar refractivity (Wildman–Crippen MR) is 49.8 cm³/mol. The van der Waals surface area contributed by atoms with Gasteiger partial charge in [-0.05, 0) is 12.5 Å². The SMILES string of the molecule is O=C1CCC2C(=CC=NCC2O)C1. The fourth-order valence-corrected chi connectivity index (χ4v) is 2.02. The summed E-state index contributed by atoms with van der Waals surface area (Å²) in [5, 5.41) is 9.70. The zero-order valence-electron chi connectivity index (χ0n) is 7.44. The van der Waals surface area contributed by atoms with Crippen molar-refractivity contribution in [3.63, 3.8) is 0 Å². The van der Waals surface area contributed by atoms with Gasteiger partial charge >= 0.3 is 0 Å². The summed E-state index contributed by atoms with van der Waals surface area (Å²) in [6.45, 7) is 0.471. The summed E-state index contributed by atoms with van der Waals surface area (Å²) in [6, 6.07) is 0. The van der Waals surface area contributed by atoms with Crippen LogP contribution in [0.3, 0.4) is 0 Å². The fraction of sp³-hybridized carbons (Fsp3) is 0.600. The van der Waals surface area contributed by atoms with Gasteiger partial charge in [0.25, 0.3) is 0 Å². The van der Waals surface area contributed by atoms with Crippen LogP contribution < -0.4 is 0 Å². The van der Waals surface area contributed by atoms with Gasteiger partial charge in [-0.15, -0.1) is 0 Å². The molecule has 1 fully saturated rings. The van der Waals surface area contributed by atoms with Gasteiger partial charge < -0.3 is 5.11 Å². The molecule has 0 aromatic heterocycles. The minimum Gasteiger partial charge on any atom is -0.391 e. The summed E-state index contributed by atoms with van der Waals surface area (Å²) >= 11 is 0. The van der Waals surface area contributed by atoms with Crippen molar-refractivity contribution in [1.29, 1.82) is 0 Å². The molecule has 3 nitrogen and oxygen atoms in total. The number of carbonyl (C=O) groups excluding carboxylic acids is 1. The first kappa shape index (κ1) is 8.63. The number of aliphatic imine (C=N–C) groups is 1. The molecule has 2 unspecified atom stereocenters. The molecular weight excluding hydrogens is 166 g/mol. The lowest BCUT2D eigenvalue weighted by atomic mass is 9.80. The molecule has 2 rings (SSSR count). The van der Waals surface area contributed by atoms with Crippen LogP contribution in [0, 0.1) is 5.92 Å². The lowest BCUT2D eigenvalue weighted by Gasteiger charge is -2.26. The normalized spacial score (nSPS) is 33.6. The van der Waals surface area contributed by atoms with Gasteiger partial charge in [0.15, 0.2) is 0 Å². The van der Waals surface area contributed by atoms with Gasteiger partial charge in [0, 0.05) is 25.0 Å². The highest BCUT2D eigenvalue weighted by Crippen LogP contribution is 2.30. The Balaban J connectivity index is 2.21. The molecule has 70 valence electrons. The van der Waals surface area contributed by atoms with E-state index >= 15 is 0 Å². The Morgan fingerprint density at radius 1 is 1.54 bits per heavy atom. The highest BCUT2D eigenvalue weighted by atomic mass is 16.3. The number of allylic oxidation sites excluding steroid dienone is 1. The average Bonchev–Trinajstić information content (AvgIpc) is 2.28. The lowest BCUT2D eigenvalue weighted by Crippen LogP contribution is -2.29. The molecule has 0 aromatic rings. The maximum Gasteiger partial charge on any atom is 0.136 e. The highest BCUT2D eigenvalue weighted by molar-refractivity contribution is 5.84. The van der Waals surface area contributed by atoms with Crippen LogP contribution in [0.5, 0.6) is 0 Å². The largest absolute Gasteiger partial charge is 0.391 e. The summed E-state index contributed by atoms with van der Waals surface area (Å²) in [7, 11) is 0. The Morgan fingerprint density at radius 3 is 3.23 bits per heavy atom. The van der Waals surface area contributed by atoms with Crippen LogP contribution >= 0.6 is 0 Å². The van der Waals surface area contributed by atoms with Gasteiger partial charge in [0.05, 0.1) is 12.6 Å². The summed E-state index contributed by atoms with van der Waals surface area (Å²) in [5.41, 5.74) is 1.06. The molecule has 2 atom stereocenters. The van der Waals surface area contributed by atoms with Gasteiger partial charge in [-0.2, -0.15) is 0 Å². The summed E-state index contributed by atoms with van der Waals surface area (Å²) in [4.78, 5) is 15.2. The van der Waals surface area contributed by atoms with Crippen LogP contribution in [0.2, 0.25) is 0 Å². The van der Waals surface area contributed by atoms with Crippen molar-refractivity contribution in [2.24, 2.45) is 10.9 Å². The first-order valence-corrected chi connectivity index (χ1v) is 4.66. The molecule has 1 heterocycles. The third-order valence-electron chi connectivity index (χ3n) is 2.76. The Hall–Kier alpha value is -0.960. The van der Waals surface area contributed by atoms with E-state index in [1.54, 1.807) is 6.21 Å². The topological polar surface area (TPSA) is 49.7 Å². The van der Waals surface area contributed by atoms with Crippen LogP contribution in [0.25, 0.3) is 0 Å². The third kappa shape index (κ3) is 1.70. The number of ketones is 1. The molecule has 2 aliphatic rings. The summed E-state index contributed by atoms with van der Waals surface area (Å²) in [5.74, 6) is 0.449. The van der Waals surface area contributed by atoms with E-state index in [4.69, 9.17) is 0 Å². The second-order valence-corrected chi connectivity index (χ2v) is 3.68. The average molecular weight is 179 g/mol. The Labute approximate surface area is 77.2 Å². The molecule has 1 aliphatic heterocycles. The number of carbonyl (C=O) groups is 1. The quantitative estimate of drug-likeness (QED) is 0.596. The molecule has 13 heavy (non-hydrogen) atoms. The van der Waals surface area contributed by atoms with Gasteiger partial charge in [0.2, 0.25) is 0 Å². The number of fused-ring (bicyclic) bond motifs is 1. The van der Waals surface area contributed by atoms with Crippen molar-refractivity contribution in [3.05, 3.63) is 11.6 Å². The number of rotatable bonds is 0. The number of nitrogens with zero attached hydrogens (tertiary/aromatic N) is 1. The Bertz CT molecular complexity index is 281. The van der Waals surface area contributed by atoms with Crippen LogP contribution in [0.4, 0.5) is 0 Å². The third-order valence-corrected chi connectivity index (χ3v) is 2.76. The van der Waals surface area contributed by atoms with E-state index in [-0.39, 0.29) is 11.7 Å². The molecule has 0 spiro atoms. The van der Waals surface area contributed by atoms with Crippen molar-refractivity contribution < 1.29 is 9.90 Å². The first-order valence-electron chi connectivity index (χ1n) is 4.66. The van der Waals surface area contributed by atoms with Crippen LogP contribution in [0.15, 0.2) is 16.6 Å².